The summed E-state index contributed by atoms with van der Waals surface area (Å²) in [4.78, 5) is 16.8. The number of amides is 1. The number of fused-ring (bicyclic) bond motifs is 1. The lowest BCUT2D eigenvalue weighted by molar-refractivity contribution is -0.119. The second-order valence-corrected chi connectivity index (χ2v) is 9.33. The zero-order valence-corrected chi connectivity index (χ0v) is 15.8. The van der Waals surface area contributed by atoms with E-state index in [0.717, 1.165) is 27.4 Å². The summed E-state index contributed by atoms with van der Waals surface area (Å²) in [5.74, 6) is -0.0651. The van der Waals surface area contributed by atoms with Crippen molar-refractivity contribution < 1.29 is 13.2 Å². The lowest BCUT2D eigenvalue weighted by Gasteiger charge is -2.09. The molecule has 1 aliphatic carbocycles. The highest BCUT2D eigenvalue weighted by atomic mass is 32.2. The molecule has 1 heterocycles. The van der Waals surface area contributed by atoms with Crippen LogP contribution < -0.4 is 10.0 Å². The molecule has 0 spiro atoms. The van der Waals surface area contributed by atoms with Crippen LogP contribution in [-0.4, -0.2) is 31.9 Å². The highest BCUT2D eigenvalue weighted by molar-refractivity contribution is 7.89. The Hall–Kier alpha value is -1.77. The van der Waals surface area contributed by atoms with Crippen LogP contribution >= 0.6 is 11.3 Å². The summed E-state index contributed by atoms with van der Waals surface area (Å²) in [5.41, 5.74) is 2.08. The number of nitrogens with one attached hydrogen (secondary N) is 2. The standard InChI is InChI=1S/C17H21N3O3S2/c1-11-10-18-17(24-11)5-6-19-25(22,23)16-4-3-13-7-15(20-12(2)21)8-14(13)9-16/h3-4,9-10,15,19H,5-8H2,1-2H3,(H,20,21). The molecule has 0 aliphatic heterocycles. The van der Waals surface area contributed by atoms with Crippen LogP contribution in [0.4, 0.5) is 0 Å². The highest BCUT2D eigenvalue weighted by Gasteiger charge is 2.24. The van der Waals surface area contributed by atoms with Crippen molar-refractivity contribution in [1.29, 1.82) is 0 Å². The molecule has 2 N–H and O–H groups in total. The first-order valence-electron chi connectivity index (χ1n) is 8.13. The fourth-order valence-electron chi connectivity index (χ4n) is 3.04. The van der Waals surface area contributed by atoms with Crippen LogP contribution in [0.5, 0.6) is 0 Å². The molecule has 1 amide bonds. The predicted molar refractivity (Wildman–Crippen MR) is 97.2 cm³/mol. The molecular weight excluding hydrogens is 358 g/mol. The normalized spacial score (nSPS) is 16.6. The summed E-state index contributed by atoms with van der Waals surface area (Å²) in [5, 5.41) is 3.81. The first-order chi connectivity index (χ1) is 11.8. The SMILES string of the molecule is CC(=O)NC1Cc2ccc(S(=O)(=O)NCCc3ncc(C)s3)cc2C1. The second kappa shape index (κ2) is 7.23. The number of carbonyl (C=O) groups is 1. The number of hydrogen-bond donors (Lipinski definition) is 2. The number of sulfonamides is 1. The van der Waals surface area contributed by atoms with Crippen molar-refractivity contribution in [2.24, 2.45) is 0 Å². The number of rotatable bonds is 6. The highest BCUT2D eigenvalue weighted by Crippen LogP contribution is 2.25. The molecule has 0 saturated carbocycles. The Balaban J connectivity index is 1.64. The summed E-state index contributed by atoms with van der Waals surface area (Å²) in [7, 11) is -3.55. The molecule has 6 nitrogen and oxygen atoms in total. The lowest BCUT2D eigenvalue weighted by atomic mass is 10.1. The van der Waals surface area contributed by atoms with Gasteiger partial charge in [-0.2, -0.15) is 0 Å². The Kier molecular flexibility index (Phi) is 5.21. The summed E-state index contributed by atoms with van der Waals surface area (Å²) < 4.78 is 27.6. The molecule has 1 aromatic carbocycles. The first-order valence-corrected chi connectivity index (χ1v) is 10.4. The lowest BCUT2D eigenvalue weighted by Crippen LogP contribution is -2.33. The summed E-state index contributed by atoms with van der Waals surface area (Å²) >= 11 is 1.58. The molecule has 1 unspecified atom stereocenters. The van der Waals surface area contributed by atoms with Gasteiger partial charge in [-0.25, -0.2) is 18.1 Å². The van der Waals surface area contributed by atoms with Gasteiger partial charge < -0.3 is 5.32 Å². The van der Waals surface area contributed by atoms with Crippen molar-refractivity contribution in [1.82, 2.24) is 15.0 Å². The Labute approximate surface area is 151 Å². The van der Waals surface area contributed by atoms with Crippen LogP contribution in [0.25, 0.3) is 0 Å². The van der Waals surface area contributed by atoms with E-state index in [9.17, 15) is 13.2 Å². The Morgan fingerprint density at radius 3 is 2.76 bits per heavy atom. The minimum atomic E-state index is -3.55. The van der Waals surface area contributed by atoms with E-state index in [1.165, 1.54) is 6.92 Å². The van der Waals surface area contributed by atoms with E-state index in [0.29, 0.717) is 19.4 Å². The number of carbonyl (C=O) groups excluding carboxylic acids is 1. The Morgan fingerprint density at radius 1 is 1.32 bits per heavy atom. The van der Waals surface area contributed by atoms with Gasteiger partial charge in [0.2, 0.25) is 15.9 Å². The fraction of sp³-hybridized carbons (Fsp3) is 0.412. The van der Waals surface area contributed by atoms with E-state index in [2.05, 4.69) is 15.0 Å². The van der Waals surface area contributed by atoms with E-state index in [-0.39, 0.29) is 16.8 Å². The second-order valence-electron chi connectivity index (χ2n) is 6.25. The van der Waals surface area contributed by atoms with Crippen LogP contribution in [0.2, 0.25) is 0 Å². The van der Waals surface area contributed by atoms with Gasteiger partial charge in [0.15, 0.2) is 0 Å². The zero-order valence-electron chi connectivity index (χ0n) is 14.2. The number of nitrogens with zero attached hydrogens (tertiary/aromatic N) is 1. The molecule has 1 aliphatic rings. The van der Waals surface area contributed by atoms with Gasteiger partial charge in [0.25, 0.3) is 0 Å². The number of aryl methyl sites for hydroxylation is 1. The van der Waals surface area contributed by atoms with E-state index in [4.69, 9.17) is 0 Å². The predicted octanol–water partition coefficient (Wildman–Crippen LogP) is 1.58. The molecule has 0 bridgehead atoms. The minimum Gasteiger partial charge on any atom is -0.353 e. The van der Waals surface area contributed by atoms with Crippen molar-refractivity contribution in [2.45, 2.75) is 44.0 Å². The van der Waals surface area contributed by atoms with Crippen LogP contribution in [-0.2, 0) is 34.1 Å². The number of hydrogen-bond acceptors (Lipinski definition) is 5. The molecule has 8 heteroatoms. The molecule has 25 heavy (non-hydrogen) atoms. The van der Waals surface area contributed by atoms with Crippen LogP contribution in [0, 0.1) is 6.92 Å². The van der Waals surface area contributed by atoms with Gasteiger partial charge in [0.05, 0.1) is 9.90 Å². The van der Waals surface area contributed by atoms with Gasteiger partial charge in [-0.05, 0) is 43.0 Å². The molecular formula is C17H21N3O3S2. The summed E-state index contributed by atoms with van der Waals surface area (Å²) in [6, 6.07) is 5.24. The van der Waals surface area contributed by atoms with Gasteiger partial charge in [0, 0.05) is 37.0 Å². The molecule has 1 aromatic heterocycles. The Bertz CT molecular complexity index is 890. The molecule has 0 saturated heterocycles. The molecule has 3 rings (SSSR count). The molecule has 0 fully saturated rings. The molecule has 2 aromatic rings. The zero-order chi connectivity index (χ0) is 18.0. The number of benzene rings is 1. The Morgan fingerprint density at radius 2 is 2.08 bits per heavy atom. The topological polar surface area (TPSA) is 88.2 Å². The van der Waals surface area contributed by atoms with Gasteiger partial charge in [-0.1, -0.05) is 6.07 Å². The van der Waals surface area contributed by atoms with Crippen molar-refractivity contribution in [3.05, 3.63) is 45.4 Å². The van der Waals surface area contributed by atoms with E-state index < -0.39 is 10.0 Å². The maximum absolute atomic E-state index is 12.5. The summed E-state index contributed by atoms with van der Waals surface area (Å²) in [6.07, 6.45) is 3.77. The number of aromatic nitrogens is 1. The first kappa shape index (κ1) is 18.0. The third-order valence-electron chi connectivity index (χ3n) is 4.13. The summed E-state index contributed by atoms with van der Waals surface area (Å²) in [6.45, 7) is 3.79. The third-order valence-corrected chi connectivity index (χ3v) is 6.56. The van der Waals surface area contributed by atoms with Crippen molar-refractivity contribution >= 4 is 27.3 Å². The molecule has 134 valence electrons. The maximum atomic E-state index is 12.5. The maximum Gasteiger partial charge on any atom is 0.240 e. The van der Waals surface area contributed by atoms with Gasteiger partial charge >= 0.3 is 0 Å². The van der Waals surface area contributed by atoms with Crippen molar-refractivity contribution in [3.63, 3.8) is 0 Å². The largest absolute Gasteiger partial charge is 0.353 e. The molecule has 0 radical (unpaired) electrons. The average Bonchev–Trinajstić information content (AvgIpc) is 3.11. The average molecular weight is 380 g/mol. The fourth-order valence-corrected chi connectivity index (χ4v) is 4.91. The molecule has 1 atom stereocenters. The minimum absolute atomic E-state index is 0.0477. The third kappa shape index (κ3) is 4.45. The smallest absolute Gasteiger partial charge is 0.240 e. The van der Waals surface area contributed by atoms with Crippen LogP contribution in [0.15, 0.2) is 29.3 Å². The van der Waals surface area contributed by atoms with Gasteiger partial charge in [-0.15, -0.1) is 11.3 Å². The van der Waals surface area contributed by atoms with Crippen molar-refractivity contribution in [2.75, 3.05) is 6.54 Å². The van der Waals surface area contributed by atoms with E-state index >= 15 is 0 Å². The van der Waals surface area contributed by atoms with Crippen LogP contribution in [0.3, 0.4) is 0 Å². The van der Waals surface area contributed by atoms with E-state index in [1.807, 2.05) is 13.0 Å². The van der Waals surface area contributed by atoms with Gasteiger partial charge in [0.1, 0.15) is 0 Å². The number of thiazole rings is 1. The van der Waals surface area contributed by atoms with Crippen LogP contribution in [0.1, 0.15) is 27.9 Å². The van der Waals surface area contributed by atoms with E-state index in [1.54, 1.807) is 29.7 Å². The quantitative estimate of drug-likeness (QED) is 0.798. The monoisotopic (exact) mass is 379 g/mol. The van der Waals surface area contributed by atoms with Crippen molar-refractivity contribution in [3.8, 4) is 0 Å². The van der Waals surface area contributed by atoms with Gasteiger partial charge in [-0.3, -0.25) is 4.79 Å².